The van der Waals surface area contributed by atoms with Gasteiger partial charge in [-0.3, -0.25) is 0 Å². The number of aliphatic carboxylic acids is 1. The Morgan fingerprint density at radius 3 is 2.53 bits per heavy atom. The summed E-state index contributed by atoms with van der Waals surface area (Å²) in [6.45, 7) is 5.62. The molecule has 1 atom stereocenters. The normalized spacial score (nSPS) is 11.7. The van der Waals surface area contributed by atoms with Crippen LogP contribution in [-0.2, 0) is 11.2 Å². The fraction of sp³-hybridized carbons (Fsp3) is 0.429. The molecule has 0 unspecified atom stereocenters. The summed E-state index contributed by atoms with van der Waals surface area (Å²) in [4.78, 5) is 22.7. The quantitative estimate of drug-likeness (QED) is 0.764. The second-order valence-electron chi connectivity index (χ2n) is 4.36. The van der Waals surface area contributed by atoms with E-state index in [1.807, 2.05) is 32.0 Å². The van der Waals surface area contributed by atoms with E-state index in [2.05, 4.69) is 10.6 Å². The van der Waals surface area contributed by atoms with Crippen LogP contribution in [0.4, 0.5) is 10.5 Å². The zero-order chi connectivity index (χ0) is 14.4. The number of hydrogen-bond acceptors (Lipinski definition) is 2. The third-order valence-corrected chi connectivity index (χ3v) is 2.99. The predicted octanol–water partition coefficient (Wildman–Crippen LogP) is 2.54. The summed E-state index contributed by atoms with van der Waals surface area (Å²) in [5.41, 5.74) is 2.74. The second kappa shape index (κ2) is 6.78. The number of aryl methyl sites for hydroxylation is 2. The zero-order valence-corrected chi connectivity index (χ0v) is 11.5. The van der Waals surface area contributed by atoms with Crippen LogP contribution in [0.15, 0.2) is 18.2 Å². The topological polar surface area (TPSA) is 78.4 Å². The van der Waals surface area contributed by atoms with Gasteiger partial charge in [-0.1, -0.05) is 32.0 Å². The first-order chi connectivity index (χ1) is 8.99. The summed E-state index contributed by atoms with van der Waals surface area (Å²) in [6, 6.07) is 4.43. The van der Waals surface area contributed by atoms with Gasteiger partial charge < -0.3 is 15.7 Å². The third-order valence-electron chi connectivity index (χ3n) is 2.99. The van der Waals surface area contributed by atoms with Gasteiger partial charge >= 0.3 is 12.0 Å². The Morgan fingerprint density at radius 1 is 1.32 bits per heavy atom. The molecule has 0 saturated carbocycles. The van der Waals surface area contributed by atoms with Crippen LogP contribution in [0.5, 0.6) is 0 Å². The minimum atomic E-state index is -1.03. The van der Waals surface area contributed by atoms with Crippen molar-refractivity contribution < 1.29 is 14.7 Å². The maximum absolute atomic E-state index is 11.8. The molecule has 1 aromatic rings. The number of benzene rings is 1. The molecule has 5 nitrogen and oxygen atoms in total. The van der Waals surface area contributed by atoms with Crippen LogP contribution in [0.1, 0.15) is 31.4 Å². The highest BCUT2D eigenvalue weighted by molar-refractivity contribution is 5.93. The van der Waals surface area contributed by atoms with Crippen LogP contribution in [0, 0.1) is 6.92 Å². The number of amides is 2. The molecule has 0 aliphatic carbocycles. The molecular formula is C14H20N2O3. The Bertz CT molecular complexity index is 472. The summed E-state index contributed by atoms with van der Waals surface area (Å²) >= 11 is 0. The summed E-state index contributed by atoms with van der Waals surface area (Å²) in [5, 5.41) is 14.1. The van der Waals surface area contributed by atoms with Crippen molar-refractivity contribution in [3.8, 4) is 0 Å². The number of carbonyl (C=O) groups is 2. The molecule has 104 valence electrons. The van der Waals surface area contributed by atoms with Gasteiger partial charge in [-0.25, -0.2) is 9.59 Å². The number of carboxylic acids is 1. The zero-order valence-electron chi connectivity index (χ0n) is 11.5. The number of carbonyl (C=O) groups excluding carboxylic acids is 1. The van der Waals surface area contributed by atoms with E-state index in [0.29, 0.717) is 6.42 Å². The molecule has 0 fully saturated rings. The Hall–Kier alpha value is -2.04. The Morgan fingerprint density at radius 2 is 2.00 bits per heavy atom. The molecular weight excluding hydrogens is 244 g/mol. The lowest BCUT2D eigenvalue weighted by Crippen LogP contribution is -2.42. The Balaban J connectivity index is 2.80. The van der Waals surface area contributed by atoms with Crippen LogP contribution in [0.2, 0.25) is 0 Å². The van der Waals surface area contributed by atoms with E-state index in [4.69, 9.17) is 5.11 Å². The molecule has 3 N–H and O–H groups in total. The molecule has 0 aliphatic heterocycles. The molecule has 5 heteroatoms. The highest BCUT2D eigenvalue weighted by Gasteiger charge is 2.18. The molecule has 19 heavy (non-hydrogen) atoms. The lowest BCUT2D eigenvalue weighted by molar-refractivity contribution is -0.139. The first-order valence-electron chi connectivity index (χ1n) is 6.38. The summed E-state index contributed by atoms with van der Waals surface area (Å²) in [7, 11) is 0. The lowest BCUT2D eigenvalue weighted by Gasteiger charge is -2.16. The molecule has 0 aromatic heterocycles. The van der Waals surface area contributed by atoms with E-state index >= 15 is 0 Å². The van der Waals surface area contributed by atoms with Gasteiger partial charge in [-0.15, -0.1) is 0 Å². The van der Waals surface area contributed by atoms with E-state index in [1.165, 1.54) is 0 Å². The first kappa shape index (κ1) is 15.0. The van der Waals surface area contributed by atoms with Crippen molar-refractivity contribution >= 4 is 17.7 Å². The fourth-order valence-corrected chi connectivity index (χ4v) is 1.85. The highest BCUT2D eigenvalue weighted by atomic mass is 16.4. The van der Waals surface area contributed by atoms with Crippen LogP contribution in [0.25, 0.3) is 0 Å². The third kappa shape index (κ3) is 3.98. The van der Waals surface area contributed by atoms with Crippen molar-refractivity contribution in [2.75, 3.05) is 5.32 Å². The molecule has 0 bridgehead atoms. The van der Waals surface area contributed by atoms with Crippen molar-refractivity contribution in [1.82, 2.24) is 5.32 Å². The van der Waals surface area contributed by atoms with Crippen molar-refractivity contribution in [2.45, 2.75) is 39.7 Å². The number of urea groups is 1. The number of para-hydroxylation sites is 1. The molecule has 2 amide bonds. The van der Waals surface area contributed by atoms with Gasteiger partial charge in [0.1, 0.15) is 6.04 Å². The maximum Gasteiger partial charge on any atom is 0.326 e. The number of hydrogen-bond donors (Lipinski definition) is 3. The van der Waals surface area contributed by atoms with Crippen molar-refractivity contribution in [2.24, 2.45) is 0 Å². The van der Waals surface area contributed by atoms with E-state index in [-0.39, 0.29) is 0 Å². The molecule has 0 heterocycles. The average molecular weight is 264 g/mol. The smallest absolute Gasteiger partial charge is 0.326 e. The van der Waals surface area contributed by atoms with Crippen molar-refractivity contribution in [3.63, 3.8) is 0 Å². The first-order valence-corrected chi connectivity index (χ1v) is 6.38. The van der Waals surface area contributed by atoms with Crippen molar-refractivity contribution in [3.05, 3.63) is 29.3 Å². The van der Waals surface area contributed by atoms with Gasteiger partial charge in [0.25, 0.3) is 0 Å². The maximum atomic E-state index is 11.8. The van der Waals surface area contributed by atoms with Gasteiger partial charge in [0, 0.05) is 5.69 Å². The lowest BCUT2D eigenvalue weighted by atomic mass is 10.1. The number of carboxylic acid groups (broad SMARTS) is 1. The Labute approximate surface area is 113 Å². The van der Waals surface area contributed by atoms with E-state index in [0.717, 1.165) is 23.2 Å². The fourth-order valence-electron chi connectivity index (χ4n) is 1.85. The largest absolute Gasteiger partial charge is 0.480 e. The number of nitrogens with one attached hydrogen (secondary N) is 2. The standard InChI is InChI=1S/C14H20N2O3/c1-4-10-8-6-7-9(3)12(10)16-14(19)15-11(5-2)13(17)18/h6-8,11H,4-5H2,1-3H3,(H,17,18)(H2,15,16,19)/t11-/m0/s1. The molecule has 0 spiro atoms. The van der Waals surface area contributed by atoms with Gasteiger partial charge in [0.15, 0.2) is 0 Å². The molecule has 0 radical (unpaired) electrons. The van der Waals surface area contributed by atoms with Crippen LogP contribution in [0.3, 0.4) is 0 Å². The summed E-state index contributed by atoms with van der Waals surface area (Å²) < 4.78 is 0. The van der Waals surface area contributed by atoms with Gasteiger partial charge in [-0.05, 0) is 30.9 Å². The SMILES string of the molecule is CCc1cccc(C)c1NC(=O)N[C@@H](CC)C(=O)O. The monoisotopic (exact) mass is 264 g/mol. The average Bonchev–Trinajstić information content (AvgIpc) is 2.38. The van der Waals surface area contributed by atoms with Crippen LogP contribution in [-0.4, -0.2) is 23.1 Å². The minimum Gasteiger partial charge on any atom is -0.480 e. The van der Waals surface area contributed by atoms with E-state index in [9.17, 15) is 9.59 Å². The van der Waals surface area contributed by atoms with E-state index < -0.39 is 18.0 Å². The van der Waals surface area contributed by atoms with Crippen LogP contribution < -0.4 is 10.6 Å². The molecule has 1 rings (SSSR count). The van der Waals surface area contributed by atoms with Gasteiger partial charge in [0.2, 0.25) is 0 Å². The number of rotatable bonds is 5. The minimum absolute atomic E-state index is 0.344. The highest BCUT2D eigenvalue weighted by Crippen LogP contribution is 2.20. The Kier molecular flexibility index (Phi) is 5.36. The summed E-state index contributed by atoms with van der Waals surface area (Å²) in [5.74, 6) is -1.03. The number of anilines is 1. The van der Waals surface area contributed by atoms with Crippen LogP contribution >= 0.6 is 0 Å². The van der Waals surface area contributed by atoms with E-state index in [1.54, 1.807) is 6.92 Å². The predicted molar refractivity (Wildman–Crippen MR) is 74.4 cm³/mol. The van der Waals surface area contributed by atoms with Crippen molar-refractivity contribution in [1.29, 1.82) is 0 Å². The summed E-state index contributed by atoms with van der Waals surface area (Å²) in [6.07, 6.45) is 1.14. The second-order valence-corrected chi connectivity index (χ2v) is 4.36. The molecule has 1 aromatic carbocycles. The van der Waals surface area contributed by atoms with Gasteiger partial charge in [-0.2, -0.15) is 0 Å². The molecule has 0 aliphatic rings. The van der Waals surface area contributed by atoms with Gasteiger partial charge in [0.05, 0.1) is 0 Å². The molecule has 0 saturated heterocycles.